The molecule has 0 rings (SSSR count). The van der Waals surface area contributed by atoms with Crippen LogP contribution in [0.15, 0.2) is 0 Å². The van der Waals surface area contributed by atoms with Gasteiger partial charge in [0.2, 0.25) is 0 Å². The summed E-state index contributed by atoms with van der Waals surface area (Å²) >= 11 is 0. The normalized spacial score (nSPS) is 12.8. The Morgan fingerprint density at radius 2 is 1.85 bits per heavy atom. The maximum atomic E-state index is 11.6. The van der Waals surface area contributed by atoms with E-state index in [1.54, 1.807) is 0 Å². The molecule has 8 heteroatoms. The van der Waals surface area contributed by atoms with Crippen molar-refractivity contribution in [1.82, 2.24) is 4.72 Å². The highest BCUT2D eigenvalue weighted by atomic mass is 32.2. The van der Waals surface area contributed by atoms with Gasteiger partial charge in [0.15, 0.2) is 6.29 Å². The zero-order valence-electron chi connectivity index (χ0n) is 6.39. The van der Waals surface area contributed by atoms with Crippen LogP contribution in [0.1, 0.15) is 12.8 Å². The fraction of sp³-hybridized carbons (Fsp3) is 0.800. The van der Waals surface area contributed by atoms with Crippen LogP contribution in [0.2, 0.25) is 0 Å². The molecule has 0 saturated carbocycles. The van der Waals surface area contributed by atoms with Crippen LogP contribution >= 0.6 is 0 Å². The zero-order chi connectivity index (χ0) is 10.5. The molecule has 13 heavy (non-hydrogen) atoms. The van der Waals surface area contributed by atoms with Crippen LogP contribution in [0.25, 0.3) is 0 Å². The van der Waals surface area contributed by atoms with Crippen LogP contribution in [0.3, 0.4) is 0 Å². The van der Waals surface area contributed by atoms with Crippen molar-refractivity contribution >= 4 is 16.3 Å². The van der Waals surface area contributed by atoms with Gasteiger partial charge < -0.3 is 0 Å². The Morgan fingerprint density at radius 1 is 1.31 bits per heavy atom. The summed E-state index contributed by atoms with van der Waals surface area (Å²) in [5.41, 5.74) is -5.29. The van der Waals surface area contributed by atoms with Crippen molar-refractivity contribution in [1.29, 1.82) is 0 Å². The van der Waals surface area contributed by atoms with Crippen molar-refractivity contribution < 1.29 is 26.4 Å². The Labute approximate surface area is 73.2 Å². The van der Waals surface area contributed by atoms with Gasteiger partial charge in [0, 0.05) is 13.0 Å². The van der Waals surface area contributed by atoms with E-state index in [4.69, 9.17) is 0 Å². The number of nitrogens with one attached hydrogen (secondary N) is 1. The standard InChI is InChI=1S/C5H7F3NO3S/c6-5(7,8)13(11,12)9-3-1-2-4-10/h9H,1-3H2. The first kappa shape index (κ1) is 12.4. The molecule has 0 aliphatic heterocycles. The predicted octanol–water partition coefficient (Wildman–Crippen LogP) is 0.316. The van der Waals surface area contributed by atoms with E-state index >= 15 is 0 Å². The highest BCUT2D eigenvalue weighted by Crippen LogP contribution is 2.21. The van der Waals surface area contributed by atoms with Gasteiger partial charge in [-0.15, -0.1) is 0 Å². The van der Waals surface area contributed by atoms with Crippen LogP contribution in [0.5, 0.6) is 0 Å². The SMILES string of the molecule is O=[C]CCCNS(=O)(=O)C(F)(F)F. The van der Waals surface area contributed by atoms with E-state index in [2.05, 4.69) is 0 Å². The van der Waals surface area contributed by atoms with E-state index in [1.165, 1.54) is 11.0 Å². The molecule has 1 N–H and O–H groups in total. The fourth-order valence-corrected chi connectivity index (χ4v) is 1.03. The summed E-state index contributed by atoms with van der Waals surface area (Å²) in [5, 5.41) is 0. The molecule has 0 aromatic heterocycles. The Bertz CT molecular complexity index is 259. The first-order valence-corrected chi connectivity index (χ1v) is 4.70. The minimum Gasteiger partial charge on any atom is -0.291 e. The van der Waals surface area contributed by atoms with Crippen molar-refractivity contribution in [3.63, 3.8) is 0 Å². The molecule has 77 valence electrons. The zero-order valence-corrected chi connectivity index (χ0v) is 7.20. The summed E-state index contributed by atoms with van der Waals surface area (Å²) in [6, 6.07) is 0. The number of unbranched alkanes of at least 4 members (excludes halogenated alkanes) is 1. The summed E-state index contributed by atoms with van der Waals surface area (Å²) in [7, 11) is -5.26. The second-order valence-corrected chi connectivity index (χ2v) is 3.85. The number of sulfonamides is 1. The van der Waals surface area contributed by atoms with Gasteiger partial charge in [-0.25, -0.2) is 13.1 Å². The fourth-order valence-electron chi connectivity index (χ4n) is 0.449. The molecule has 0 aliphatic carbocycles. The van der Waals surface area contributed by atoms with Crippen LogP contribution in [-0.2, 0) is 14.8 Å². The van der Waals surface area contributed by atoms with Crippen molar-refractivity contribution in [2.24, 2.45) is 0 Å². The Morgan fingerprint density at radius 3 is 2.23 bits per heavy atom. The van der Waals surface area contributed by atoms with Gasteiger partial charge >= 0.3 is 15.5 Å². The quantitative estimate of drug-likeness (QED) is 0.676. The van der Waals surface area contributed by atoms with E-state index in [9.17, 15) is 26.4 Å². The molecule has 0 spiro atoms. The molecule has 0 amide bonds. The number of alkyl halides is 3. The molecule has 0 aromatic carbocycles. The lowest BCUT2D eigenvalue weighted by molar-refractivity contribution is -0.0447. The van der Waals surface area contributed by atoms with Gasteiger partial charge in [-0.2, -0.15) is 13.2 Å². The number of hydrogen-bond acceptors (Lipinski definition) is 3. The van der Waals surface area contributed by atoms with E-state index in [1.807, 2.05) is 0 Å². The summed E-state index contributed by atoms with van der Waals surface area (Å²) in [4.78, 5) is 9.60. The molecule has 4 nitrogen and oxygen atoms in total. The van der Waals surface area contributed by atoms with Crippen LogP contribution < -0.4 is 4.72 Å². The van der Waals surface area contributed by atoms with E-state index in [-0.39, 0.29) is 12.8 Å². The summed E-state index contributed by atoms with van der Waals surface area (Å²) in [6.07, 6.45) is 1.33. The first-order valence-electron chi connectivity index (χ1n) is 3.22. The third kappa shape index (κ3) is 4.23. The van der Waals surface area contributed by atoms with Crippen molar-refractivity contribution in [3.05, 3.63) is 0 Å². The minimum absolute atomic E-state index is 0.00118. The third-order valence-electron chi connectivity index (χ3n) is 1.05. The summed E-state index contributed by atoms with van der Waals surface area (Å²) in [5.74, 6) is 0. The van der Waals surface area contributed by atoms with Gasteiger partial charge in [-0.05, 0) is 6.42 Å². The Balaban J connectivity index is 3.99. The Kier molecular flexibility index (Phi) is 4.34. The predicted molar refractivity (Wildman–Crippen MR) is 37.9 cm³/mol. The molecule has 0 saturated heterocycles. The summed E-state index contributed by atoms with van der Waals surface area (Å²) < 4.78 is 56.7. The number of halogens is 3. The lowest BCUT2D eigenvalue weighted by atomic mass is 10.3. The molecule has 0 heterocycles. The molecular weight excluding hydrogens is 211 g/mol. The smallest absolute Gasteiger partial charge is 0.291 e. The maximum Gasteiger partial charge on any atom is 0.511 e. The van der Waals surface area contributed by atoms with E-state index < -0.39 is 22.1 Å². The molecule has 0 atom stereocenters. The lowest BCUT2D eigenvalue weighted by Crippen LogP contribution is -2.36. The number of hydrogen-bond donors (Lipinski definition) is 1. The van der Waals surface area contributed by atoms with Gasteiger partial charge in [0.1, 0.15) is 0 Å². The topological polar surface area (TPSA) is 63.2 Å². The van der Waals surface area contributed by atoms with Gasteiger partial charge in [-0.1, -0.05) is 0 Å². The van der Waals surface area contributed by atoms with E-state index in [0.717, 1.165) is 0 Å². The van der Waals surface area contributed by atoms with Crippen molar-refractivity contribution in [3.8, 4) is 0 Å². The Hall–Kier alpha value is -0.630. The molecule has 0 aromatic rings. The van der Waals surface area contributed by atoms with Gasteiger partial charge in [-0.3, -0.25) is 4.79 Å². The maximum absolute atomic E-state index is 11.6. The average Bonchev–Trinajstić information content (AvgIpc) is 1.96. The highest BCUT2D eigenvalue weighted by molar-refractivity contribution is 7.90. The van der Waals surface area contributed by atoms with Crippen LogP contribution in [0, 0.1) is 0 Å². The molecule has 0 bridgehead atoms. The third-order valence-corrected chi connectivity index (χ3v) is 2.25. The van der Waals surface area contributed by atoms with Crippen LogP contribution in [-0.4, -0.2) is 26.8 Å². The van der Waals surface area contributed by atoms with Crippen molar-refractivity contribution in [2.75, 3.05) is 6.54 Å². The average molecular weight is 218 g/mol. The summed E-state index contributed by atoms with van der Waals surface area (Å²) in [6.45, 7) is -0.420. The molecule has 0 fully saturated rings. The van der Waals surface area contributed by atoms with E-state index in [0.29, 0.717) is 0 Å². The van der Waals surface area contributed by atoms with Gasteiger partial charge in [0.25, 0.3) is 0 Å². The molecular formula is C5H7F3NO3S. The molecule has 1 radical (unpaired) electrons. The van der Waals surface area contributed by atoms with Crippen LogP contribution in [0.4, 0.5) is 13.2 Å². The molecule has 0 unspecified atom stereocenters. The lowest BCUT2D eigenvalue weighted by Gasteiger charge is -2.07. The largest absolute Gasteiger partial charge is 0.511 e. The minimum atomic E-state index is -5.29. The monoisotopic (exact) mass is 218 g/mol. The second kappa shape index (κ2) is 4.56. The first-order chi connectivity index (χ1) is 5.81. The van der Waals surface area contributed by atoms with Crippen molar-refractivity contribution in [2.45, 2.75) is 18.3 Å². The second-order valence-electron chi connectivity index (χ2n) is 2.09. The van der Waals surface area contributed by atoms with Gasteiger partial charge in [0.05, 0.1) is 0 Å². The highest BCUT2D eigenvalue weighted by Gasteiger charge is 2.45. The molecule has 0 aliphatic rings. The number of rotatable bonds is 5. The number of carbonyl (C=O) groups excluding carboxylic acids is 1.